The summed E-state index contributed by atoms with van der Waals surface area (Å²) >= 11 is 6.17. The summed E-state index contributed by atoms with van der Waals surface area (Å²) in [5, 5.41) is 0. The summed E-state index contributed by atoms with van der Waals surface area (Å²) < 4.78 is 5.43. The van der Waals surface area contributed by atoms with Gasteiger partial charge < -0.3 is 4.74 Å². The van der Waals surface area contributed by atoms with E-state index in [0.717, 1.165) is 5.75 Å². The van der Waals surface area contributed by atoms with Crippen molar-refractivity contribution >= 4 is 11.6 Å². The van der Waals surface area contributed by atoms with Crippen LogP contribution in [0, 0.1) is 0 Å². The van der Waals surface area contributed by atoms with Crippen LogP contribution in [0.5, 0.6) is 5.75 Å². The van der Waals surface area contributed by atoms with E-state index in [0.29, 0.717) is 5.88 Å². The second-order valence-electron chi connectivity index (χ2n) is 4.32. The lowest BCUT2D eigenvalue weighted by molar-refractivity contribution is 0.387. The van der Waals surface area contributed by atoms with Crippen molar-refractivity contribution in [2.75, 3.05) is 13.0 Å². The fraction of sp³-hybridized carbons (Fsp3) is 0.538. The van der Waals surface area contributed by atoms with Gasteiger partial charge in [0.15, 0.2) is 0 Å². The number of rotatable bonds is 3. The van der Waals surface area contributed by atoms with Crippen LogP contribution in [0.15, 0.2) is 24.3 Å². The quantitative estimate of drug-likeness (QED) is 0.711. The zero-order valence-electron chi connectivity index (χ0n) is 9.13. The molecule has 0 radical (unpaired) electrons. The van der Waals surface area contributed by atoms with Crippen LogP contribution in [0.25, 0.3) is 0 Å². The number of hydrogen-bond acceptors (Lipinski definition) is 1. The molecule has 2 rings (SSSR count). The standard InChI is InChI=1S/C13H17ClO/c1-15-12-7-3-2-6-11(12)13(10-14)8-4-5-9-13/h2-3,6-7H,4-5,8-10H2,1H3. The second-order valence-corrected chi connectivity index (χ2v) is 4.59. The van der Waals surface area contributed by atoms with Crippen LogP contribution >= 0.6 is 11.6 Å². The summed E-state index contributed by atoms with van der Waals surface area (Å²) in [4.78, 5) is 0. The minimum atomic E-state index is 0.161. The van der Waals surface area contributed by atoms with Crippen LogP contribution in [0.2, 0.25) is 0 Å². The number of para-hydroxylation sites is 1. The van der Waals surface area contributed by atoms with Crippen molar-refractivity contribution in [2.24, 2.45) is 0 Å². The lowest BCUT2D eigenvalue weighted by Gasteiger charge is -2.28. The molecule has 0 amide bonds. The Labute approximate surface area is 96.4 Å². The lowest BCUT2D eigenvalue weighted by atomic mass is 9.80. The Morgan fingerprint density at radius 1 is 1.27 bits per heavy atom. The zero-order chi connectivity index (χ0) is 10.7. The highest BCUT2D eigenvalue weighted by molar-refractivity contribution is 6.18. The van der Waals surface area contributed by atoms with E-state index in [1.807, 2.05) is 12.1 Å². The Morgan fingerprint density at radius 2 is 1.93 bits per heavy atom. The summed E-state index contributed by atoms with van der Waals surface area (Å²) in [6, 6.07) is 8.28. The molecule has 1 aliphatic carbocycles. The number of methoxy groups -OCH3 is 1. The maximum absolute atomic E-state index is 6.17. The first-order valence-electron chi connectivity index (χ1n) is 5.52. The third-order valence-electron chi connectivity index (χ3n) is 3.49. The molecule has 1 aliphatic rings. The summed E-state index contributed by atoms with van der Waals surface area (Å²) in [5.41, 5.74) is 1.45. The number of halogens is 1. The molecule has 15 heavy (non-hydrogen) atoms. The van der Waals surface area contributed by atoms with E-state index in [2.05, 4.69) is 12.1 Å². The van der Waals surface area contributed by atoms with Gasteiger partial charge >= 0.3 is 0 Å². The maximum Gasteiger partial charge on any atom is 0.122 e. The van der Waals surface area contributed by atoms with Gasteiger partial charge in [0.05, 0.1) is 7.11 Å². The molecule has 0 heterocycles. The van der Waals surface area contributed by atoms with Gasteiger partial charge in [-0.2, -0.15) is 0 Å². The molecule has 1 aromatic carbocycles. The Hall–Kier alpha value is -0.690. The average Bonchev–Trinajstić information content (AvgIpc) is 2.79. The Balaban J connectivity index is 2.41. The van der Waals surface area contributed by atoms with E-state index < -0.39 is 0 Å². The lowest BCUT2D eigenvalue weighted by Crippen LogP contribution is -2.24. The molecule has 1 fully saturated rings. The summed E-state index contributed by atoms with van der Waals surface area (Å²) in [5.74, 6) is 1.69. The van der Waals surface area contributed by atoms with Crippen LogP contribution in [0.3, 0.4) is 0 Å². The fourth-order valence-corrected chi connectivity index (χ4v) is 3.02. The first-order valence-corrected chi connectivity index (χ1v) is 6.05. The fourth-order valence-electron chi connectivity index (χ4n) is 2.61. The average molecular weight is 225 g/mol. The van der Waals surface area contributed by atoms with Crippen molar-refractivity contribution in [3.05, 3.63) is 29.8 Å². The summed E-state index contributed by atoms with van der Waals surface area (Å²) in [6.45, 7) is 0. The zero-order valence-corrected chi connectivity index (χ0v) is 9.89. The van der Waals surface area contributed by atoms with Crippen LogP contribution < -0.4 is 4.74 Å². The molecule has 0 N–H and O–H groups in total. The number of alkyl halides is 1. The highest BCUT2D eigenvalue weighted by Crippen LogP contribution is 2.45. The maximum atomic E-state index is 6.17. The van der Waals surface area contributed by atoms with Gasteiger partial charge in [-0.25, -0.2) is 0 Å². The van der Waals surface area contributed by atoms with E-state index in [1.54, 1.807) is 7.11 Å². The van der Waals surface area contributed by atoms with E-state index in [9.17, 15) is 0 Å². The molecule has 82 valence electrons. The monoisotopic (exact) mass is 224 g/mol. The molecule has 1 nitrogen and oxygen atoms in total. The molecular weight excluding hydrogens is 208 g/mol. The van der Waals surface area contributed by atoms with Crippen LogP contribution in [-0.2, 0) is 5.41 Å². The molecule has 1 saturated carbocycles. The third kappa shape index (κ3) is 1.85. The van der Waals surface area contributed by atoms with Gasteiger partial charge in [0.25, 0.3) is 0 Å². The van der Waals surface area contributed by atoms with Crippen LogP contribution in [0.1, 0.15) is 31.2 Å². The topological polar surface area (TPSA) is 9.23 Å². The van der Waals surface area contributed by atoms with Gasteiger partial charge in [-0.3, -0.25) is 0 Å². The van der Waals surface area contributed by atoms with Gasteiger partial charge in [0.2, 0.25) is 0 Å². The van der Waals surface area contributed by atoms with E-state index in [-0.39, 0.29) is 5.41 Å². The normalized spacial score (nSPS) is 19.1. The minimum absolute atomic E-state index is 0.161. The van der Waals surface area contributed by atoms with Crippen molar-refractivity contribution in [3.8, 4) is 5.75 Å². The molecule has 0 spiro atoms. The Morgan fingerprint density at radius 3 is 2.53 bits per heavy atom. The molecule has 0 aliphatic heterocycles. The molecule has 0 atom stereocenters. The Kier molecular flexibility index (Phi) is 3.20. The van der Waals surface area contributed by atoms with Gasteiger partial charge in [-0.05, 0) is 18.9 Å². The molecule has 2 heteroatoms. The first-order chi connectivity index (χ1) is 7.32. The molecule has 1 aromatic rings. The van der Waals surface area contributed by atoms with Crippen molar-refractivity contribution < 1.29 is 4.74 Å². The molecule has 0 bridgehead atoms. The van der Waals surface area contributed by atoms with Gasteiger partial charge in [-0.15, -0.1) is 11.6 Å². The van der Waals surface area contributed by atoms with Crippen molar-refractivity contribution in [2.45, 2.75) is 31.1 Å². The largest absolute Gasteiger partial charge is 0.496 e. The van der Waals surface area contributed by atoms with E-state index >= 15 is 0 Å². The highest BCUT2D eigenvalue weighted by atomic mass is 35.5. The van der Waals surface area contributed by atoms with E-state index in [1.165, 1.54) is 31.2 Å². The number of ether oxygens (including phenoxy) is 1. The number of hydrogen-bond donors (Lipinski definition) is 0. The molecule has 0 saturated heterocycles. The highest BCUT2D eigenvalue weighted by Gasteiger charge is 2.36. The smallest absolute Gasteiger partial charge is 0.122 e. The number of benzene rings is 1. The van der Waals surface area contributed by atoms with Gasteiger partial charge in [-0.1, -0.05) is 31.0 Å². The summed E-state index contributed by atoms with van der Waals surface area (Å²) in [6.07, 6.45) is 4.95. The third-order valence-corrected chi connectivity index (χ3v) is 4.01. The first kappa shape index (κ1) is 10.8. The van der Waals surface area contributed by atoms with Crippen LogP contribution in [-0.4, -0.2) is 13.0 Å². The minimum Gasteiger partial charge on any atom is -0.496 e. The van der Waals surface area contributed by atoms with Gasteiger partial charge in [0.1, 0.15) is 5.75 Å². The predicted octanol–water partition coefficient (Wildman–Crippen LogP) is 3.75. The molecule has 0 aromatic heterocycles. The summed E-state index contributed by atoms with van der Waals surface area (Å²) in [7, 11) is 1.73. The second kappa shape index (κ2) is 4.44. The van der Waals surface area contributed by atoms with Crippen LogP contribution in [0.4, 0.5) is 0 Å². The Bertz CT molecular complexity index is 329. The van der Waals surface area contributed by atoms with E-state index in [4.69, 9.17) is 16.3 Å². The van der Waals surface area contributed by atoms with Crippen molar-refractivity contribution in [1.82, 2.24) is 0 Å². The van der Waals surface area contributed by atoms with Gasteiger partial charge in [0, 0.05) is 16.9 Å². The van der Waals surface area contributed by atoms with Crippen molar-refractivity contribution in [3.63, 3.8) is 0 Å². The molecular formula is C13H17ClO. The SMILES string of the molecule is COc1ccccc1C1(CCl)CCCC1. The predicted molar refractivity (Wildman–Crippen MR) is 63.9 cm³/mol. The van der Waals surface area contributed by atoms with Crippen molar-refractivity contribution in [1.29, 1.82) is 0 Å². The molecule has 0 unspecified atom stereocenters.